The number of amides is 1. The Morgan fingerprint density at radius 3 is 2.21 bits per heavy atom. The summed E-state index contributed by atoms with van der Waals surface area (Å²) in [6.45, 7) is 1.02. The van der Waals surface area contributed by atoms with Crippen molar-refractivity contribution in [1.29, 1.82) is 5.41 Å². The number of hydrogen-bond donors (Lipinski definition) is 2. The Labute approximate surface area is 198 Å². The molecule has 0 aliphatic carbocycles. The SMILES string of the molecule is COCCN(CCOC)C(=O)c1cc(Cl)cc(OCCCON(OC(=O)C(F)(F)F)C(=N)N)c1. The summed E-state index contributed by atoms with van der Waals surface area (Å²) in [5.41, 5.74) is 5.29. The van der Waals surface area contributed by atoms with Crippen LogP contribution in [0.25, 0.3) is 0 Å². The first-order valence-electron chi connectivity index (χ1n) is 9.76. The van der Waals surface area contributed by atoms with Gasteiger partial charge in [0.25, 0.3) is 11.9 Å². The van der Waals surface area contributed by atoms with E-state index in [0.29, 0.717) is 26.3 Å². The zero-order valence-corrected chi connectivity index (χ0v) is 19.3. The number of methoxy groups -OCH3 is 2. The minimum atomic E-state index is -5.29. The normalized spacial score (nSPS) is 11.1. The third-order valence-corrected chi connectivity index (χ3v) is 4.11. The highest BCUT2D eigenvalue weighted by Crippen LogP contribution is 2.23. The van der Waals surface area contributed by atoms with Crippen LogP contribution in [-0.4, -0.2) is 87.9 Å². The topological polar surface area (TPSA) is 137 Å². The summed E-state index contributed by atoms with van der Waals surface area (Å²) < 4.78 is 52.4. The molecule has 0 saturated heterocycles. The van der Waals surface area contributed by atoms with E-state index in [2.05, 4.69) is 4.84 Å². The van der Waals surface area contributed by atoms with Gasteiger partial charge in [-0.3, -0.25) is 10.2 Å². The van der Waals surface area contributed by atoms with Gasteiger partial charge in [-0.2, -0.15) is 13.2 Å². The Balaban J connectivity index is 2.66. The number of nitrogens with one attached hydrogen (secondary N) is 1. The zero-order valence-electron chi connectivity index (χ0n) is 18.5. The van der Waals surface area contributed by atoms with Gasteiger partial charge in [-0.05, 0) is 23.4 Å². The lowest BCUT2D eigenvalue weighted by molar-refractivity contribution is -0.317. The maximum Gasteiger partial charge on any atom is 0.493 e. The standard InChI is InChI=1S/C19H26ClF3N4O7/c1-30-8-4-26(5-9-31-2)16(28)13-10-14(20)12-15(11-13)32-6-3-7-33-27(18(24)25)34-17(29)19(21,22)23/h10-12H,3-9H2,1-2H3,(H3,24,25). The molecule has 0 aromatic heterocycles. The Morgan fingerprint density at radius 1 is 1.06 bits per heavy atom. The number of hydrogen-bond acceptors (Lipinski definition) is 8. The van der Waals surface area contributed by atoms with Crippen molar-refractivity contribution in [3.05, 3.63) is 28.8 Å². The fourth-order valence-corrected chi connectivity index (χ4v) is 2.56. The Bertz CT molecular complexity index is 822. The zero-order chi connectivity index (χ0) is 25.7. The van der Waals surface area contributed by atoms with Gasteiger partial charge in [0.1, 0.15) is 5.75 Å². The van der Waals surface area contributed by atoms with Gasteiger partial charge >= 0.3 is 12.1 Å². The van der Waals surface area contributed by atoms with Crippen molar-refractivity contribution in [2.45, 2.75) is 12.6 Å². The molecule has 0 fully saturated rings. The molecule has 15 heteroatoms. The quantitative estimate of drug-likeness (QED) is 0.175. The van der Waals surface area contributed by atoms with E-state index in [0.717, 1.165) is 0 Å². The fourth-order valence-electron chi connectivity index (χ4n) is 2.34. The first-order valence-corrected chi connectivity index (χ1v) is 10.1. The molecule has 0 atom stereocenters. The van der Waals surface area contributed by atoms with Gasteiger partial charge < -0.3 is 29.7 Å². The molecule has 0 radical (unpaired) electrons. The molecule has 1 aromatic rings. The molecule has 192 valence electrons. The van der Waals surface area contributed by atoms with E-state index in [1.807, 2.05) is 0 Å². The summed E-state index contributed by atoms with van der Waals surface area (Å²) in [5.74, 6) is -3.71. The van der Waals surface area contributed by atoms with Crippen molar-refractivity contribution in [3.63, 3.8) is 0 Å². The molecule has 0 spiro atoms. The van der Waals surface area contributed by atoms with Crippen LogP contribution in [0.1, 0.15) is 16.8 Å². The van der Waals surface area contributed by atoms with Gasteiger partial charge in [-0.25, -0.2) is 9.63 Å². The maximum absolute atomic E-state index is 12.9. The van der Waals surface area contributed by atoms with Crippen LogP contribution in [0.15, 0.2) is 18.2 Å². The van der Waals surface area contributed by atoms with Crippen molar-refractivity contribution in [1.82, 2.24) is 10.1 Å². The predicted octanol–water partition coefficient (Wildman–Crippen LogP) is 1.99. The number of halogens is 4. The second-order valence-corrected chi connectivity index (χ2v) is 6.94. The number of guanidine groups is 1. The second kappa shape index (κ2) is 14.5. The van der Waals surface area contributed by atoms with E-state index >= 15 is 0 Å². The molecule has 1 amide bonds. The molecule has 0 aliphatic rings. The number of nitrogens with two attached hydrogens (primary N) is 1. The molecular formula is C19H26ClF3N4O7. The van der Waals surface area contributed by atoms with Crippen LogP contribution in [0.5, 0.6) is 5.75 Å². The molecule has 1 aromatic carbocycles. The van der Waals surface area contributed by atoms with E-state index in [1.54, 1.807) is 0 Å². The Morgan fingerprint density at radius 2 is 1.68 bits per heavy atom. The largest absolute Gasteiger partial charge is 0.493 e. The Kier molecular flexibility index (Phi) is 12.4. The number of nitrogens with zero attached hydrogens (tertiary/aromatic N) is 2. The van der Waals surface area contributed by atoms with E-state index in [-0.39, 0.29) is 47.1 Å². The van der Waals surface area contributed by atoms with Crippen LogP contribution < -0.4 is 10.5 Å². The van der Waals surface area contributed by atoms with Crippen molar-refractivity contribution >= 4 is 29.4 Å². The molecular weight excluding hydrogens is 489 g/mol. The van der Waals surface area contributed by atoms with E-state index in [4.69, 9.17) is 41.8 Å². The van der Waals surface area contributed by atoms with Crippen LogP contribution in [0.2, 0.25) is 5.02 Å². The number of benzene rings is 1. The molecule has 11 nitrogen and oxygen atoms in total. The van der Waals surface area contributed by atoms with E-state index < -0.39 is 18.1 Å². The average Bonchev–Trinajstić information content (AvgIpc) is 2.76. The van der Waals surface area contributed by atoms with Crippen LogP contribution in [0.4, 0.5) is 13.2 Å². The summed E-state index contributed by atoms with van der Waals surface area (Å²) in [5, 5.41) is 7.20. The van der Waals surface area contributed by atoms with Gasteiger partial charge in [0.05, 0.1) is 26.4 Å². The lowest BCUT2D eigenvalue weighted by Crippen LogP contribution is -2.42. The molecule has 0 saturated carbocycles. The molecule has 0 unspecified atom stereocenters. The number of rotatable bonds is 13. The minimum Gasteiger partial charge on any atom is -0.493 e. The molecule has 0 heterocycles. The minimum absolute atomic E-state index is 0.00992. The number of alkyl halides is 3. The highest BCUT2D eigenvalue weighted by molar-refractivity contribution is 6.31. The number of hydroxylamine groups is 2. The van der Waals surface area contributed by atoms with Gasteiger partial charge in [0, 0.05) is 44.3 Å². The summed E-state index contributed by atoms with van der Waals surface area (Å²) in [4.78, 5) is 33.8. The molecule has 0 bridgehead atoms. The monoisotopic (exact) mass is 514 g/mol. The van der Waals surface area contributed by atoms with Gasteiger partial charge in [0.2, 0.25) is 0 Å². The van der Waals surface area contributed by atoms with Crippen LogP contribution in [-0.2, 0) is 23.9 Å². The fraction of sp³-hybridized carbons (Fsp3) is 0.526. The van der Waals surface area contributed by atoms with E-state index in [9.17, 15) is 22.8 Å². The summed E-state index contributed by atoms with van der Waals surface area (Å²) >= 11 is 6.10. The third kappa shape index (κ3) is 10.4. The number of carbonyl (C=O) groups excluding carboxylic acids is 2. The second-order valence-electron chi connectivity index (χ2n) is 6.51. The van der Waals surface area contributed by atoms with Crippen molar-refractivity contribution < 1.29 is 46.6 Å². The van der Waals surface area contributed by atoms with Crippen LogP contribution >= 0.6 is 11.6 Å². The van der Waals surface area contributed by atoms with Crippen LogP contribution in [0.3, 0.4) is 0 Å². The first kappa shape index (κ1) is 29.2. The van der Waals surface area contributed by atoms with Crippen molar-refractivity contribution in [3.8, 4) is 5.75 Å². The lowest BCUT2D eigenvalue weighted by Gasteiger charge is -2.22. The maximum atomic E-state index is 12.9. The highest BCUT2D eigenvalue weighted by Gasteiger charge is 2.43. The summed E-state index contributed by atoms with van der Waals surface area (Å²) in [7, 11) is 3.04. The van der Waals surface area contributed by atoms with Crippen LogP contribution in [0, 0.1) is 5.41 Å². The molecule has 1 rings (SSSR count). The van der Waals surface area contributed by atoms with Gasteiger partial charge in [-0.1, -0.05) is 11.6 Å². The Hall–Kier alpha value is -2.81. The summed E-state index contributed by atoms with van der Waals surface area (Å²) in [6.07, 6.45) is -5.19. The number of ether oxygens (including phenoxy) is 3. The summed E-state index contributed by atoms with van der Waals surface area (Å²) in [6, 6.07) is 4.43. The van der Waals surface area contributed by atoms with Crippen molar-refractivity contribution in [2.75, 3.05) is 53.7 Å². The lowest BCUT2D eigenvalue weighted by atomic mass is 10.2. The molecule has 34 heavy (non-hydrogen) atoms. The first-order chi connectivity index (χ1) is 16.0. The smallest absolute Gasteiger partial charge is 0.493 e. The molecule has 3 N–H and O–H groups in total. The predicted molar refractivity (Wildman–Crippen MR) is 113 cm³/mol. The third-order valence-electron chi connectivity index (χ3n) is 3.90. The van der Waals surface area contributed by atoms with E-state index in [1.165, 1.54) is 37.3 Å². The van der Waals surface area contributed by atoms with Gasteiger partial charge in [0.15, 0.2) is 0 Å². The molecule has 0 aliphatic heterocycles. The average molecular weight is 515 g/mol. The highest BCUT2D eigenvalue weighted by atomic mass is 35.5. The number of carbonyl (C=O) groups is 2. The van der Waals surface area contributed by atoms with Gasteiger partial charge in [-0.15, -0.1) is 0 Å². The van der Waals surface area contributed by atoms with Crippen molar-refractivity contribution in [2.24, 2.45) is 5.73 Å².